The molecule has 2 aromatic carbocycles. The smallest absolute Gasteiger partial charge is 0.306 e. The number of alkyl halides is 3. The molecular weight excluding hydrogens is 427 g/mol. The lowest BCUT2D eigenvalue weighted by Crippen LogP contribution is -2.11. The number of rotatable bonds is 2. The van der Waals surface area contributed by atoms with E-state index in [1.54, 1.807) is 0 Å². The van der Waals surface area contributed by atoms with Gasteiger partial charge in [0.05, 0.1) is 11.2 Å². The summed E-state index contributed by atoms with van der Waals surface area (Å²) in [6.07, 6.45) is -1.47. The second-order valence-electron chi connectivity index (χ2n) is 7.00. The molecule has 0 saturated heterocycles. The van der Waals surface area contributed by atoms with Crippen LogP contribution in [0.4, 0.5) is 13.2 Å². The molecule has 170 valence electrons. The second kappa shape index (κ2) is 11.1. The molecule has 2 N–H and O–H groups in total. The maximum Gasteiger partial charge on any atom is 0.434 e. The van der Waals surface area contributed by atoms with Crippen LogP contribution in [0.15, 0.2) is 59.9 Å². The molecular formula is C22H28F3N3O2S. The van der Waals surface area contributed by atoms with Gasteiger partial charge in [0, 0.05) is 11.9 Å². The molecule has 5 nitrogen and oxygen atoms in total. The van der Waals surface area contributed by atoms with Crippen LogP contribution in [0.2, 0.25) is 0 Å². The highest BCUT2D eigenvalue weighted by molar-refractivity contribution is 7.89. The van der Waals surface area contributed by atoms with E-state index in [1.165, 1.54) is 47.4 Å². The Labute approximate surface area is 181 Å². The lowest BCUT2D eigenvalue weighted by Gasteiger charge is -2.03. The van der Waals surface area contributed by atoms with Crippen molar-refractivity contribution in [3.8, 4) is 5.69 Å². The average Bonchev–Trinajstić information content (AvgIpc) is 3.16. The number of aryl methyl sites for hydroxylation is 3. The monoisotopic (exact) mass is 455 g/mol. The fourth-order valence-corrected chi connectivity index (χ4v) is 2.83. The highest BCUT2D eigenvalue weighted by atomic mass is 32.2. The number of aromatic nitrogens is 2. The topological polar surface area (TPSA) is 78.0 Å². The lowest BCUT2D eigenvalue weighted by atomic mass is 10.1. The molecule has 9 heteroatoms. The van der Waals surface area contributed by atoms with Gasteiger partial charge in [-0.3, -0.25) is 0 Å². The third-order valence-corrected chi connectivity index (χ3v) is 4.93. The summed E-state index contributed by atoms with van der Waals surface area (Å²) in [7, 11) is -3.82. The Morgan fingerprint density at radius 2 is 1.52 bits per heavy atom. The highest BCUT2D eigenvalue weighted by Crippen LogP contribution is 2.28. The predicted octanol–water partition coefficient (Wildman–Crippen LogP) is 5.57. The van der Waals surface area contributed by atoms with Gasteiger partial charge in [0.1, 0.15) is 0 Å². The largest absolute Gasteiger partial charge is 0.434 e. The minimum atomic E-state index is -4.52. The third-order valence-electron chi connectivity index (χ3n) is 4.00. The van der Waals surface area contributed by atoms with E-state index in [-0.39, 0.29) is 4.90 Å². The SMILES string of the molecule is CCC.Cc1ccc(C)c(C)c1.NS(=O)(=O)c1ccc(-n2cnc(C(F)(F)F)c2)cc1. The van der Waals surface area contributed by atoms with Crippen LogP contribution in [0.25, 0.3) is 5.69 Å². The van der Waals surface area contributed by atoms with Gasteiger partial charge in [0.25, 0.3) is 0 Å². The summed E-state index contributed by atoms with van der Waals surface area (Å²) in [4.78, 5) is 3.11. The number of nitrogens with zero attached hydrogens (tertiary/aromatic N) is 2. The minimum absolute atomic E-state index is 0.118. The molecule has 0 aliphatic carbocycles. The fourth-order valence-electron chi connectivity index (χ4n) is 2.31. The Hall–Kier alpha value is -2.65. The Bertz CT molecular complexity index is 1070. The molecule has 0 amide bonds. The van der Waals surface area contributed by atoms with Crippen molar-refractivity contribution in [2.24, 2.45) is 5.14 Å². The van der Waals surface area contributed by atoms with Crippen molar-refractivity contribution in [3.05, 3.63) is 77.4 Å². The summed E-state index contributed by atoms with van der Waals surface area (Å²) < 4.78 is 60.3. The summed E-state index contributed by atoms with van der Waals surface area (Å²) in [5.74, 6) is 0. The van der Waals surface area contributed by atoms with Gasteiger partial charge in [-0.1, -0.05) is 44.0 Å². The van der Waals surface area contributed by atoms with E-state index in [0.29, 0.717) is 5.69 Å². The summed E-state index contributed by atoms with van der Waals surface area (Å²) in [6.45, 7) is 10.6. The van der Waals surface area contributed by atoms with Crippen molar-refractivity contribution in [1.29, 1.82) is 0 Å². The molecule has 31 heavy (non-hydrogen) atoms. The molecule has 0 aliphatic heterocycles. The van der Waals surface area contributed by atoms with Crippen molar-refractivity contribution in [2.75, 3.05) is 0 Å². The molecule has 0 radical (unpaired) electrons. The first kappa shape index (κ1) is 26.4. The van der Waals surface area contributed by atoms with Gasteiger partial charge in [0.15, 0.2) is 5.69 Å². The molecule has 0 bridgehead atoms. The lowest BCUT2D eigenvalue weighted by molar-refractivity contribution is -0.140. The maximum absolute atomic E-state index is 12.4. The van der Waals surface area contributed by atoms with Crippen molar-refractivity contribution in [3.63, 3.8) is 0 Å². The fraction of sp³-hybridized carbons (Fsp3) is 0.318. The van der Waals surface area contributed by atoms with Gasteiger partial charge in [-0.15, -0.1) is 0 Å². The van der Waals surface area contributed by atoms with Crippen LogP contribution in [0.3, 0.4) is 0 Å². The van der Waals surface area contributed by atoms with E-state index in [1.807, 2.05) is 0 Å². The summed E-state index contributed by atoms with van der Waals surface area (Å²) in [5, 5.41) is 4.91. The van der Waals surface area contributed by atoms with Gasteiger partial charge >= 0.3 is 6.18 Å². The maximum atomic E-state index is 12.4. The first-order valence-corrected chi connectivity index (χ1v) is 11.1. The Kier molecular flexibility index (Phi) is 9.45. The molecule has 3 rings (SSSR count). The van der Waals surface area contributed by atoms with Crippen molar-refractivity contribution in [1.82, 2.24) is 9.55 Å². The number of imidazole rings is 1. The van der Waals surface area contributed by atoms with Crippen LogP contribution in [0, 0.1) is 20.8 Å². The van der Waals surface area contributed by atoms with Crippen molar-refractivity contribution in [2.45, 2.75) is 52.1 Å². The Balaban J connectivity index is 0.000000333. The van der Waals surface area contributed by atoms with E-state index >= 15 is 0 Å². The van der Waals surface area contributed by atoms with E-state index in [4.69, 9.17) is 5.14 Å². The molecule has 3 aromatic rings. The molecule has 1 heterocycles. The molecule has 0 unspecified atom stereocenters. The summed E-state index contributed by atoms with van der Waals surface area (Å²) >= 11 is 0. The molecule has 1 aromatic heterocycles. The molecule has 0 fully saturated rings. The van der Waals surface area contributed by atoms with Crippen LogP contribution in [-0.4, -0.2) is 18.0 Å². The van der Waals surface area contributed by atoms with E-state index in [2.05, 4.69) is 57.8 Å². The molecule has 0 aliphatic rings. The molecule has 0 spiro atoms. The number of primary sulfonamides is 1. The number of hydrogen-bond donors (Lipinski definition) is 1. The number of halogens is 3. The first-order valence-electron chi connectivity index (χ1n) is 9.57. The van der Waals surface area contributed by atoms with Gasteiger partial charge in [-0.05, 0) is 56.2 Å². The van der Waals surface area contributed by atoms with Crippen LogP contribution >= 0.6 is 0 Å². The zero-order valence-corrected chi connectivity index (χ0v) is 19.1. The predicted molar refractivity (Wildman–Crippen MR) is 117 cm³/mol. The zero-order valence-electron chi connectivity index (χ0n) is 18.2. The highest BCUT2D eigenvalue weighted by Gasteiger charge is 2.33. The van der Waals surface area contributed by atoms with E-state index in [9.17, 15) is 21.6 Å². The van der Waals surface area contributed by atoms with Gasteiger partial charge in [-0.25, -0.2) is 18.5 Å². The third kappa shape index (κ3) is 8.55. The number of hydrogen-bond acceptors (Lipinski definition) is 3. The van der Waals surface area contributed by atoms with Crippen molar-refractivity contribution < 1.29 is 21.6 Å². The van der Waals surface area contributed by atoms with Crippen LogP contribution in [0.5, 0.6) is 0 Å². The van der Waals surface area contributed by atoms with Crippen LogP contribution < -0.4 is 5.14 Å². The van der Waals surface area contributed by atoms with Gasteiger partial charge in [-0.2, -0.15) is 13.2 Å². The number of nitrogens with two attached hydrogens (primary N) is 1. The number of sulfonamides is 1. The Morgan fingerprint density at radius 1 is 0.968 bits per heavy atom. The van der Waals surface area contributed by atoms with Crippen LogP contribution in [0.1, 0.15) is 42.7 Å². The number of benzene rings is 2. The molecule has 0 atom stereocenters. The average molecular weight is 456 g/mol. The quantitative estimate of drug-likeness (QED) is 0.549. The Morgan fingerprint density at radius 3 is 1.90 bits per heavy atom. The van der Waals surface area contributed by atoms with Crippen LogP contribution in [-0.2, 0) is 16.2 Å². The zero-order chi connectivity index (χ0) is 23.8. The standard InChI is InChI=1S/C10H8F3N3O2S.C9H12.C3H8/c11-10(12,13)9-5-16(6-15-9)7-1-3-8(4-2-7)19(14,17)18;1-7-4-5-8(2)9(3)6-7;1-3-2/h1-6H,(H2,14,17,18);4-6H,1-3H3;3H2,1-2H3. The summed E-state index contributed by atoms with van der Waals surface area (Å²) in [6, 6.07) is 11.6. The van der Waals surface area contributed by atoms with E-state index < -0.39 is 21.9 Å². The van der Waals surface area contributed by atoms with Gasteiger partial charge in [0.2, 0.25) is 10.0 Å². The van der Waals surface area contributed by atoms with Crippen molar-refractivity contribution >= 4 is 10.0 Å². The summed E-state index contributed by atoms with van der Waals surface area (Å²) in [5.41, 5.74) is 3.42. The normalized spacial score (nSPS) is 11.1. The minimum Gasteiger partial charge on any atom is -0.306 e. The first-order chi connectivity index (χ1) is 14.3. The second-order valence-corrected chi connectivity index (χ2v) is 8.56. The molecule has 0 saturated carbocycles. The van der Waals surface area contributed by atoms with E-state index in [0.717, 1.165) is 17.1 Å². The van der Waals surface area contributed by atoms with Gasteiger partial charge < -0.3 is 4.57 Å².